The van der Waals surface area contributed by atoms with Crippen molar-refractivity contribution in [2.24, 2.45) is 4.99 Å². The number of amides is 1. The fourth-order valence-electron chi connectivity index (χ4n) is 3.37. The molecule has 5 nitrogen and oxygen atoms in total. The van der Waals surface area contributed by atoms with E-state index in [0.29, 0.717) is 18.2 Å². The highest BCUT2D eigenvalue weighted by molar-refractivity contribution is 8.00. The van der Waals surface area contributed by atoms with Crippen LogP contribution in [-0.4, -0.2) is 47.4 Å². The zero-order valence-corrected chi connectivity index (χ0v) is 16.5. The van der Waals surface area contributed by atoms with Crippen LogP contribution < -0.4 is 10.6 Å². The predicted molar refractivity (Wildman–Crippen MR) is 109 cm³/mol. The normalized spacial score (nSPS) is 20.7. The second-order valence-electron chi connectivity index (χ2n) is 6.95. The number of aliphatic imine (C=N–C) groups is 1. The molecule has 0 aliphatic carbocycles. The van der Waals surface area contributed by atoms with Crippen LogP contribution in [0.25, 0.3) is 0 Å². The van der Waals surface area contributed by atoms with E-state index in [1.165, 1.54) is 29.7 Å². The first-order valence-corrected chi connectivity index (χ1v) is 10.8. The largest absolute Gasteiger partial charge is 0.357 e. The van der Waals surface area contributed by atoms with Crippen LogP contribution in [0.4, 0.5) is 0 Å². The van der Waals surface area contributed by atoms with E-state index < -0.39 is 0 Å². The molecule has 2 aliphatic heterocycles. The van der Waals surface area contributed by atoms with Crippen LogP contribution in [0, 0.1) is 0 Å². The molecule has 0 bridgehead atoms. The van der Waals surface area contributed by atoms with Gasteiger partial charge >= 0.3 is 0 Å². The van der Waals surface area contributed by atoms with Gasteiger partial charge in [0.1, 0.15) is 0 Å². The molecule has 2 aliphatic rings. The lowest BCUT2D eigenvalue weighted by Gasteiger charge is -2.16. The molecular weight excluding hydrogens is 344 g/mol. The van der Waals surface area contributed by atoms with Crippen molar-refractivity contribution < 1.29 is 4.79 Å². The van der Waals surface area contributed by atoms with Gasteiger partial charge in [-0.25, -0.2) is 4.99 Å². The first kappa shape index (κ1) is 19.1. The molecule has 2 fully saturated rings. The topological polar surface area (TPSA) is 56.7 Å². The Labute approximate surface area is 161 Å². The number of likely N-dealkylation sites (tertiary alicyclic amines) is 1. The van der Waals surface area contributed by atoms with Gasteiger partial charge in [0, 0.05) is 37.8 Å². The quantitative estimate of drug-likeness (QED) is 0.569. The van der Waals surface area contributed by atoms with Crippen molar-refractivity contribution in [3.63, 3.8) is 0 Å². The van der Waals surface area contributed by atoms with Crippen LogP contribution in [0.15, 0.2) is 29.3 Å². The maximum atomic E-state index is 11.7. The summed E-state index contributed by atoms with van der Waals surface area (Å²) in [6.07, 6.45) is 4.33. The van der Waals surface area contributed by atoms with Crippen LogP contribution in [-0.2, 0) is 17.9 Å². The van der Waals surface area contributed by atoms with Crippen molar-refractivity contribution in [3.05, 3.63) is 35.4 Å². The van der Waals surface area contributed by atoms with Crippen molar-refractivity contribution in [2.45, 2.75) is 50.9 Å². The molecule has 2 heterocycles. The molecule has 0 spiro atoms. The van der Waals surface area contributed by atoms with Gasteiger partial charge in [-0.15, -0.1) is 0 Å². The van der Waals surface area contributed by atoms with Gasteiger partial charge in [-0.3, -0.25) is 4.79 Å². The molecule has 142 valence electrons. The van der Waals surface area contributed by atoms with Crippen molar-refractivity contribution in [1.82, 2.24) is 15.5 Å². The van der Waals surface area contributed by atoms with Gasteiger partial charge in [0.05, 0.1) is 6.54 Å². The maximum absolute atomic E-state index is 11.7. The molecule has 26 heavy (non-hydrogen) atoms. The van der Waals surface area contributed by atoms with Crippen molar-refractivity contribution in [2.75, 3.05) is 25.4 Å². The van der Waals surface area contributed by atoms with E-state index in [-0.39, 0.29) is 5.91 Å². The van der Waals surface area contributed by atoms with Crippen LogP contribution in [0.2, 0.25) is 0 Å². The van der Waals surface area contributed by atoms with Gasteiger partial charge in [-0.1, -0.05) is 24.3 Å². The molecule has 2 N–H and O–H groups in total. The second-order valence-corrected chi connectivity index (χ2v) is 8.35. The lowest BCUT2D eigenvalue weighted by Crippen LogP contribution is -2.40. The van der Waals surface area contributed by atoms with E-state index in [2.05, 4.69) is 53.6 Å². The van der Waals surface area contributed by atoms with Gasteiger partial charge in [-0.2, -0.15) is 11.8 Å². The number of carbonyl (C=O) groups excluding carboxylic acids is 1. The van der Waals surface area contributed by atoms with E-state index in [9.17, 15) is 4.79 Å². The molecule has 0 saturated carbocycles. The number of thioether (sulfide) groups is 1. The van der Waals surface area contributed by atoms with Gasteiger partial charge < -0.3 is 15.5 Å². The van der Waals surface area contributed by atoms with Crippen molar-refractivity contribution in [1.29, 1.82) is 0 Å². The number of carbonyl (C=O) groups is 1. The Morgan fingerprint density at radius 1 is 1.23 bits per heavy atom. The fraction of sp³-hybridized carbons (Fsp3) is 0.600. The number of guanidine groups is 1. The molecule has 1 aromatic rings. The van der Waals surface area contributed by atoms with Crippen molar-refractivity contribution in [3.8, 4) is 0 Å². The van der Waals surface area contributed by atoms with E-state index in [1.807, 2.05) is 4.90 Å². The number of hydrogen-bond acceptors (Lipinski definition) is 3. The van der Waals surface area contributed by atoms with Crippen LogP contribution >= 0.6 is 11.8 Å². The monoisotopic (exact) mass is 374 g/mol. The minimum absolute atomic E-state index is 0.278. The number of rotatable bonds is 7. The Balaban J connectivity index is 1.50. The summed E-state index contributed by atoms with van der Waals surface area (Å²) in [5.74, 6) is 2.46. The second kappa shape index (κ2) is 9.86. The van der Waals surface area contributed by atoms with Crippen LogP contribution in [0.3, 0.4) is 0 Å². The Hall–Kier alpha value is -1.69. The lowest BCUT2D eigenvalue weighted by molar-refractivity contribution is -0.128. The summed E-state index contributed by atoms with van der Waals surface area (Å²) in [5.41, 5.74) is 2.38. The molecule has 0 radical (unpaired) electrons. The first-order chi connectivity index (χ1) is 12.7. The van der Waals surface area contributed by atoms with Crippen LogP contribution in [0.1, 0.15) is 43.7 Å². The van der Waals surface area contributed by atoms with E-state index >= 15 is 0 Å². The number of nitrogens with zero attached hydrogens (tertiary/aromatic N) is 2. The summed E-state index contributed by atoms with van der Waals surface area (Å²) >= 11 is 2.06. The van der Waals surface area contributed by atoms with Gasteiger partial charge in [0.15, 0.2) is 5.96 Å². The molecule has 1 unspecified atom stereocenters. The molecule has 1 amide bonds. The summed E-state index contributed by atoms with van der Waals surface area (Å²) in [4.78, 5) is 18.4. The molecule has 1 atom stereocenters. The predicted octanol–water partition coefficient (Wildman–Crippen LogP) is 2.76. The zero-order valence-electron chi connectivity index (χ0n) is 15.7. The molecule has 6 heteroatoms. The van der Waals surface area contributed by atoms with Gasteiger partial charge in [0.25, 0.3) is 0 Å². The third-order valence-electron chi connectivity index (χ3n) is 4.85. The van der Waals surface area contributed by atoms with E-state index in [1.54, 1.807) is 0 Å². The summed E-state index contributed by atoms with van der Waals surface area (Å²) < 4.78 is 0. The summed E-state index contributed by atoms with van der Waals surface area (Å²) in [6.45, 7) is 6.23. The Bertz CT molecular complexity index is 611. The van der Waals surface area contributed by atoms with Gasteiger partial charge in [-0.05, 0) is 43.1 Å². The number of nitrogens with one attached hydrogen (secondary N) is 2. The lowest BCUT2D eigenvalue weighted by atomic mass is 10.1. The van der Waals surface area contributed by atoms with Crippen molar-refractivity contribution >= 4 is 23.6 Å². The Morgan fingerprint density at radius 2 is 2.04 bits per heavy atom. The Morgan fingerprint density at radius 3 is 2.69 bits per heavy atom. The number of benzene rings is 1. The smallest absolute Gasteiger partial charge is 0.222 e. The Kier molecular flexibility index (Phi) is 7.23. The number of hydrogen-bond donors (Lipinski definition) is 2. The van der Waals surface area contributed by atoms with E-state index in [4.69, 9.17) is 4.99 Å². The third kappa shape index (κ3) is 5.66. The minimum atomic E-state index is 0.278. The average Bonchev–Trinajstić information content (AvgIpc) is 3.31. The minimum Gasteiger partial charge on any atom is -0.357 e. The molecular formula is C20H30N4OS. The molecule has 0 aromatic heterocycles. The summed E-state index contributed by atoms with van der Waals surface area (Å²) in [7, 11) is 0. The highest BCUT2D eigenvalue weighted by atomic mass is 32.2. The summed E-state index contributed by atoms with van der Waals surface area (Å²) in [5, 5.41) is 7.51. The third-order valence-corrected chi connectivity index (χ3v) is 6.25. The summed E-state index contributed by atoms with van der Waals surface area (Å²) in [6, 6.07) is 8.48. The van der Waals surface area contributed by atoms with Gasteiger partial charge in [0.2, 0.25) is 5.91 Å². The maximum Gasteiger partial charge on any atom is 0.222 e. The standard InChI is InChI=1S/C20H30N4OS/c1-2-21-20(23-14-18-5-4-12-26-18)22-13-16-7-9-17(10-8-16)15-24-11-3-6-19(24)25/h7-10,18H,2-6,11-15H2,1H3,(H2,21,22,23). The molecule has 2 saturated heterocycles. The molecule has 1 aromatic carbocycles. The fourth-order valence-corrected chi connectivity index (χ4v) is 4.57. The SMILES string of the molecule is CCNC(=NCc1ccc(CN2CCCC2=O)cc1)NCC1CCCS1. The van der Waals surface area contributed by atoms with E-state index in [0.717, 1.165) is 38.6 Å². The highest BCUT2D eigenvalue weighted by Crippen LogP contribution is 2.25. The average molecular weight is 375 g/mol. The highest BCUT2D eigenvalue weighted by Gasteiger charge is 2.19. The molecule has 3 rings (SSSR count). The first-order valence-electron chi connectivity index (χ1n) is 9.74. The van der Waals surface area contributed by atoms with Crippen LogP contribution in [0.5, 0.6) is 0 Å². The zero-order chi connectivity index (χ0) is 18.2.